The van der Waals surface area contributed by atoms with E-state index in [-0.39, 0.29) is 24.2 Å². The number of ketones is 1. The number of aliphatic hydroxyl groups excluding tert-OH is 1. The fourth-order valence-electron chi connectivity index (χ4n) is 2.75. The van der Waals surface area contributed by atoms with Gasteiger partial charge in [0.05, 0.1) is 30.3 Å². The number of hydrogen-bond donors (Lipinski definition) is 1. The van der Waals surface area contributed by atoms with Crippen molar-refractivity contribution in [2.24, 2.45) is 0 Å². The van der Waals surface area contributed by atoms with Crippen molar-refractivity contribution in [3.05, 3.63) is 82.6 Å². The molecule has 0 spiro atoms. The van der Waals surface area contributed by atoms with Gasteiger partial charge in [-0.1, -0.05) is 53.7 Å². The smallest absolute Gasteiger partial charge is 0.173 e. The summed E-state index contributed by atoms with van der Waals surface area (Å²) in [5, 5.41) is 11.0. The summed E-state index contributed by atoms with van der Waals surface area (Å²) in [6, 6.07) is 16.9. The molecule has 0 bridgehead atoms. The van der Waals surface area contributed by atoms with Crippen molar-refractivity contribution in [3.63, 3.8) is 0 Å². The molecule has 1 atom stereocenters. The maximum absolute atomic E-state index is 12.4. The van der Waals surface area contributed by atoms with Gasteiger partial charge in [0.2, 0.25) is 0 Å². The van der Waals surface area contributed by atoms with E-state index in [0.29, 0.717) is 15.7 Å². The molecule has 1 aromatic heterocycles. The molecule has 0 aliphatic carbocycles. The van der Waals surface area contributed by atoms with Gasteiger partial charge in [-0.05, 0) is 36.8 Å². The van der Waals surface area contributed by atoms with Crippen LogP contribution >= 0.6 is 23.4 Å². The van der Waals surface area contributed by atoms with E-state index in [1.165, 1.54) is 11.8 Å². The zero-order valence-corrected chi connectivity index (χ0v) is 15.9. The molecule has 0 aliphatic heterocycles. The van der Waals surface area contributed by atoms with Gasteiger partial charge in [0.15, 0.2) is 10.9 Å². The van der Waals surface area contributed by atoms with Crippen LogP contribution in [0.4, 0.5) is 0 Å². The maximum Gasteiger partial charge on any atom is 0.173 e. The number of aliphatic hydroxyl groups is 1. The van der Waals surface area contributed by atoms with E-state index >= 15 is 0 Å². The highest BCUT2D eigenvalue weighted by Crippen LogP contribution is 2.28. The standard InChI is InChI=1S/C20H19ClN2O2S/c1-14(15-5-3-2-4-6-15)23-18(12-24)11-22-20(23)26-13-19(25)16-7-9-17(21)10-8-16/h2-11,14,24H,12-13H2,1H3. The minimum absolute atomic E-state index is 0.00832. The number of nitrogens with zero attached hydrogens (tertiary/aromatic N) is 2. The number of aromatic nitrogens is 2. The second-order valence-corrected chi connectivity index (χ2v) is 7.24. The molecule has 0 saturated carbocycles. The third kappa shape index (κ3) is 4.18. The first kappa shape index (κ1) is 18.7. The van der Waals surface area contributed by atoms with Crippen LogP contribution < -0.4 is 0 Å². The Bertz CT molecular complexity index is 879. The lowest BCUT2D eigenvalue weighted by Gasteiger charge is -2.19. The summed E-state index contributed by atoms with van der Waals surface area (Å²) in [6.45, 7) is 1.96. The summed E-state index contributed by atoms with van der Waals surface area (Å²) in [4.78, 5) is 16.8. The van der Waals surface area contributed by atoms with Crippen molar-refractivity contribution in [1.82, 2.24) is 9.55 Å². The zero-order chi connectivity index (χ0) is 18.5. The summed E-state index contributed by atoms with van der Waals surface area (Å²) < 4.78 is 1.98. The minimum Gasteiger partial charge on any atom is -0.390 e. The minimum atomic E-state index is -0.101. The first-order valence-electron chi connectivity index (χ1n) is 8.23. The lowest BCUT2D eigenvalue weighted by Crippen LogP contribution is -2.12. The van der Waals surface area contributed by atoms with Crippen molar-refractivity contribution in [1.29, 1.82) is 0 Å². The lowest BCUT2D eigenvalue weighted by atomic mass is 10.1. The first-order valence-corrected chi connectivity index (χ1v) is 9.60. The molecule has 6 heteroatoms. The predicted molar refractivity (Wildman–Crippen MR) is 105 cm³/mol. The predicted octanol–water partition coefficient (Wildman–Crippen LogP) is 4.61. The monoisotopic (exact) mass is 386 g/mol. The Morgan fingerprint density at radius 2 is 1.88 bits per heavy atom. The van der Waals surface area contributed by atoms with Crippen molar-refractivity contribution >= 4 is 29.1 Å². The van der Waals surface area contributed by atoms with Crippen LogP contribution in [0.5, 0.6) is 0 Å². The molecule has 3 aromatic rings. The number of thioether (sulfide) groups is 1. The molecule has 1 unspecified atom stereocenters. The summed E-state index contributed by atoms with van der Waals surface area (Å²) in [7, 11) is 0. The number of Topliss-reactive ketones (excluding diaryl/α,β-unsaturated/α-hetero) is 1. The summed E-state index contributed by atoms with van der Waals surface area (Å²) in [5.41, 5.74) is 2.47. The fourth-order valence-corrected chi connectivity index (χ4v) is 3.84. The first-order chi connectivity index (χ1) is 12.6. The molecule has 0 fully saturated rings. The van der Waals surface area contributed by atoms with E-state index in [4.69, 9.17) is 11.6 Å². The van der Waals surface area contributed by atoms with Gasteiger partial charge in [-0.25, -0.2) is 4.98 Å². The Morgan fingerprint density at radius 3 is 2.54 bits per heavy atom. The summed E-state index contributed by atoms with van der Waals surface area (Å²) in [5.74, 6) is 0.282. The van der Waals surface area contributed by atoms with Gasteiger partial charge in [0.25, 0.3) is 0 Å². The Kier molecular flexibility index (Phi) is 6.14. The van der Waals surface area contributed by atoms with Crippen LogP contribution in [-0.4, -0.2) is 26.2 Å². The van der Waals surface area contributed by atoms with Gasteiger partial charge in [-0.3, -0.25) is 4.79 Å². The fraction of sp³-hybridized carbons (Fsp3) is 0.200. The second kappa shape index (κ2) is 8.54. The van der Waals surface area contributed by atoms with E-state index < -0.39 is 0 Å². The highest BCUT2D eigenvalue weighted by molar-refractivity contribution is 7.99. The number of halogens is 1. The Labute approximate surface area is 161 Å². The van der Waals surface area contributed by atoms with E-state index in [1.54, 1.807) is 30.5 Å². The van der Waals surface area contributed by atoms with Crippen molar-refractivity contribution in [2.45, 2.75) is 24.7 Å². The van der Waals surface area contributed by atoms with Gasteiger partial charge < -0.3 is 9.67 Å². The van der Waals surface area contributed by atoms with E-state index in [1.807, 2.05) is 34.9 Å². The zero-order valence-electron chi connectivity index (χ0n) is 14.3. The van der Waals surface area contributed by atoms with Crippen LogP contribution in [0.2, 0.25) is 5.02 Å². The normalized spacial score (nSPS) is 12.1. The van der Waals surface area contributed by atoms with Crippen LogP contribution in [0.25, 0.3) is 0 Å². The molecule has 4 nitrogen and oxygen atoms in total. The van der Waals surface area contributed by atoms with Gasteiger partial charge in [-0.15, -0.1) is 0 Å². The molecule has 1 heterocycles. The van der Waals surface area contributed by atoms with Crippen LogP contribution in [0.3, 0.4) is 0 Å². The summed E-state index contributed by atoms with van der Waals surface area (Å²) in [6.07, 6.45) is 1.66. The van der Waals surface area contributed by atoms with Gasteiger partial charge in [0, 0.05) is 10.6 Å². The number of benzene rings is 2. The van der Waals surface area contributed by atoms with E-state index in [9.17, 15) is 9.90 Å². The van der Waals surface area contributed by atoms with Crippen LogP contribution in [0.15, 0.2) is 66.0 Å². The molecule has 134 valence electrons. The second-order valence-electron chi connectivity index (χ2n) is 5.87. The molecule has 0 radical (unpaired) electrons. The van der Waals surface area contributed by atoms with Crippen molar-refractivity contribution < 1.29 is 9.90 Å². The van der Waals surface area contributed by atoms with Crippen LogP contribution in [0.1, 0.15) is 34.6 Å². The van der Waals surface area contributed by atoms with Gasteiger partial charge in [0.1, 0.15) is 0 Å². The number of imidazole rings is 1. The third-order valence-electron chi connectivity index (χ3n) is 4.17. The topological polar surface area (TPSA) is 55.1 Å². The summed E-state index contributed by atoms with van der Waals surface area (Å²) >= 11 is 7.24. The van der Waals surface area contributed by atoms with Crippen LogP contribution in [-0.2, 0) is 6.61 Å². The Hall–Kier alpha value is -2.08. The Morgan fingerprint density at radius 1 is 1.19 bits per heavy atom. The third-order valence-corrected chi connectivity index (χ3v) is 5.39. The SMILES string of the molecule is CC(c1ccccc1)n1c(CO)cnc1SCC(=O)c1ccc(Cl)cc1. The van der Waals surface area contributed by atoms with E-state index in [0.717, 1.165) is 11.3 Å². The largest absolute Gasteiger partial charge is 0.390 e. The average molecular weight is 387 g/mol. The van der Waals surface area contributed by atoms with Crippen LogP contribution in [0, 0.1) is 0 Å². The Balaban J connectivity index is 1.79. The lowest BCUT2D eigenvalue weighted by molar-refractivity contribution is 0.102. The molecule has 3 rings (SSSR count). The van der Waals surface area contributed by atoms with Gasteiger partial charge >= 0.3 is 0 Å². The number of carbonyl (C=O) groups is 1. The molecule has 0 aliphatic rings. The molecule has 1 N–H and O–H groups in total. The molecule has 0 saturated heterocycles. The van der Waals surface area contributed by atoms with E-state index in [2.05, 4.69) is 11.9 Å². The molecule has 2 aromatic carbocycles. The molecule has 26 heavy (non-hydrogen) atoms. The number of carbonyl (C=O) groups excluding carboxylic acids is 1. The number of rotatable bonds is 7. The van der Waals surface area contributed by atoms with Gasteiger partial charge in [-0.2, -0.15) is 0 Å². The van der Waals surface area contributed by atoms with Crippen molar-refractivity contribution in [3.8, 4) is 0 Å². The number of hydrogen-bond acceptors (Lipinski definition) is 4. The molecular weight excluding hydrogens is 368 g/mol. The molecular formula is C20H19ClN2O2S. The highest BCUT2D eigenvalue weighted by atomic mass is 35.5. The van der Waals surface area contributed by atoms with Crippen molar-refractivity contribution in [2.75, 3.05) is 5.75 Å². The maximum atomic E-state index is 12.4. The quantitative estimate of drug-likeness (QED) is 0.475. The average Bonchev–Trinajstić information content (AvgIpc) is 3.09. The highest BCUT2D eigenvalue weighted by Gasteiger charge is 2.18. The molecule has 0 amide bonds.